The Hall–Kier alpha value is -3.16. The van der Waals surface area contributed by atoms with Crippen LogP contribution in [-0.2, 0) is 11.3 Å². The number of rotatable bonds is 4. The number of benzene rings is 1. The number of nitrogens with zero attached hydrogens (tertiary/aromatic N) is 4. The Morgan fingerprint density at radius 1 is 1.21 bits per heavy atom. The molecular weight excluding hydrogens is 370 g/mol. The van der Waals surface area contributed by atoms with E-state index < -0.39 is 0 Å². The molecule has 0 spiro atoms. The number of carbonyl (C=O) groups excluding carboxylic acids is 2. The molecule has 1 aliphatic carbocycles. The molecular formula is C21H25N5O3. The van der Waals surface area contributed by atoms with Crippen LogP contribution >= 0.6 is 0 Å². The van der Waals surface area contributed by atoms with Crippen molar-refractivity contribution >= 4 is 17.5 Å². The number of aromatic nitrogens is 3. The van der Waals surface area contributed by atoms with Crippen molar-refractivity contribution in [2.45, 2.75) is 51.1 Å². The van der Waals surface area contributed by atoms with E-state index in [4.69, 9.17) is 0 Å². The third kappa shape index (κ3) is 3.50. The van der Waals surface area contributed by atoms with Crippen LogP contribution in [0.3, 0.4) is 0 Å². The lowest BCUT2D eigenvalue weighted by atomic mass is 10.1. The van der Waals surface area contributed by atoms with E-state index in [1.807, 2.05) is 6.92 Å². The van der Waals surface area contributed by atoms with Crippen molar-refractivity contribution in [3.05, 3.63) is 48.1 Å². The molecule has 2 aliphatic rings. The van der Waals surface area contributed by atoms with Gasteiger partial charge in [0.1, 0.15) is 11.6 Å². The van der Waals surface area contributed by atoms with E-state index in [1.54, 1.807) is 4.90 Å². The zero-order chi connectivity index (χ0) is 20.5. The Kier molecular flexibility index (Phi) is 5.08. The fourth-order valence-corrected chi connectivity index (χ4v) is 4.30. The number of phenols is 1. The zero-order valence-corrected chi connectivity index (χ0v) is 16.5. The van der Waals surface area contributed by atoms with E-state index in [1.165, 1.54) is 31.0 Å². The molecule has 8 heteroatoms. The number of anilines is 1. The first-order valence-corrected chi connectivity index (χ1v) is 10.00. The molecule has 29 heavy (non-hydrogen) atoms. The molecule has 1 fully saturated rings. The van der Waals surface area contributed by atoms with Crippen LogP contribution in [0.4, 0.5) is 5.69 Å². The highest BCUT2D eigenvalue weighted by molar-refractivity contribution is 6.02. The van der Waals surface area contributed by atoms with Crippen LogP contribution < -0.4 is 5.32 Å². The van der Waals surface area contributed by atoms with Crippen molar-refractivity contribution in [3.63, 3.8) is 0 Å². The standard InChI is InChI=1S/C21H25N5O3/c1-3-18(28)22-15-8-9-17(27)16(12-15)21(29)25-10-11-26-19(13(25)2)23-24-20(26)14-6-4-5-7-14/h3,8-9,12-14,27H,1,4-7,10-11H2,2H3,(H,22,28). The van der Waals surface area contributed by atoms with Crippen molar-refractivity contribution in [1.29, 1.82) is 0 Å². The van der Waals surface area contributed by atoms with Crippen molar-refractivity contribution in [3.8, 4) is 5.75 Å². The van der Waals surface area contributed by atoms with E-state index in [9.17, 15) is 14.7 Å². The summed E-state index contributed by atoms with van der Waals surface area (Å²) in [5.41, 5.74) is 0.565. The first-order valence-electron chi connectivity index (χ1n) is 10.00. The zero-order valence-electron chi connectivity index (χ0n) is 16.5. The molecule has 1 atom stereocenters. The first-order chi connectivity index (χ1) is 14.0. The lowest BCUT2D eigenvalue weighted by molar-refractivity contribution is -0.111. The number of hydrogen-bond acceptors (Lipinski definition) is 5. The molecule has 1 aliphatic heterocycles. The summed E-state index contributed by atoms with van der Waals surface area (Å²) in [6, 6.07) is 4.17. The van der Waals surface area contributed by atoms with Crippen LogP contribution in [0.5, 0.6) is 5.75 Å². The largest absolute Gasteiger partial charge is 0.507 e. The Morgan fingerprint density at radius 2 is 1.93 bits per heavy atom. The summed E-state index contributed by atoms with van der Waals surface area (Å²) in [4.78, 5) is 26.4. The summed E-state index contributed by atoms with van der Waals surface area (Å²) in [6.07, 6.45) is 5.89. The van der Waals surface area contributed by atoms with E-state index in [0.717, 1.165) is 30.6 Å². The molecule has 0 bridgehead atoms. The normalized spacial score (nSPS) is 19.1. The summed E-state index contributed by atoms with van der Waals surface area (Å²) in [5.74, 6) is 1.46. The third-order valence-electron chi connectivity index (χ3n) is 5.87. The molecule has 0 radical (unpaired) electrons. The molecule has 0 saturated heterocycles. The number of carbonyl (C=O) groups is 2. The van der Waals surface area contributed by atoms with E-state index in [0.29, 0.717) is 24.7 Å². The van der Waals surface area contributed by atoms with Crippen LogP contribution in [0, 0.1) is 0 Å². The third-order valence-corrected chi connectivity index (χ3v) is 5.87. The second kappa shape index (κ2) is 7.69. The summed E-state index contributed by atoms with van der Waals surface area (Å²) >= 11 is 0. The predicted molar refractivity (Wildman–Crippen MR) is 108 cm³/mol. The number of phenolic OH excluding ortho intramolecular Hbond substituents is 1. The molecule has 1 aromatic heterocycles. The molecule has 152 valence electrons. The molecule has 2 heterocycles. The van der Waals surface area contributed by atoms with E-state index in [-0.39, 0.29) is 29.2 Å². The highest BCUT2D eigenvalue weighted by Gasteiger charge is 2.34. The number of hydrogen-bond donors (Lipinski definition) is 2. The van der Waals surface area contributed by atoms with Gasteiger partial charge in [0.25, 0.3) is 5.91 Å². The lowest BCUT2D eigenvalue weighted by Crippen LogP contribution is -2.41. The lowest BCUT2D eigenvalue weighted by Gasteiger charge is -2.34. The summed E-state index contributed by atoms with van der Waals surface area (Å²) in [5, 5.41) is 21.7. The van der Waals surface area contributed by atoms with Gasteiger partial charge in [-0.3, -0.25) is 9.59 Å². The fraction of sp³-hybridized carbons (Fsp3) is 0.429. The van der Waals surface area contributed by atoms with Crippen molar-refractivity contribution in [2.24, 2.45) is 0 Å². The topological polar surface area (TPSA) is 100 Å². The quantitative estimate of drug-likeness (QED) is 0.612. The average Bonchev–Trinajstić information content (AvgIpc) is 3.39. The van der Waals surface area contributed by atoms with Gasteiger partial charge in [-0.15, -0.1) is 10.2 Å². The second-order valence-electron chi connectivity index (χ2n) is 7.65. The maximum Gasteiger partial charge on any atom is 0.258 e. The number of fused-ring (bicyclic) bond motifs is 1. The Morgan fingerprint density at radius 3 is 2.66 bits per heavy atom. The van der Waals surface area contributed by atoms with Crippen LogP contribution in [-0.4, -0.2) is 43.1 Å². The summed E-state index contributed by atoms with van der Waals surface area (Å²) in [6.45, 7) is 6.49. The molecule has 4 rings (SSSR count). The minimum absolute atomic E-state index is 0.127. The van der Waals surface area contributed by atoms with Crippen LogP contribution in [0.2, 0.25) is 0 Å². The van der Waals surface area contributed by atoms with Gasteiger partial charge >= 0.3 is 0 Å². The predicted octanol–water partition coefficient (Wildman–Crippen LogP) is 2.98. The van der Waals surface area contributed by atoms with Gasteiger partial charge in [-0.2, -0.15) is 0 Å². The molecule has 1 aromatic carbocycles. The monoisotopic (exact) mass is 395 g/mol. The molecule has 1 unspecified atom stereocenters. The first kappa shape index (κ1) is 19.2. The number of aromatic hydroxyl groups is 1. The highest BCUT2D eigenvalue weighted by Crippen LogP contribution is 2.36. The molecule has 1 saturated carbocycles. The van der Waals surface area contributed by atoms with Crippen molar-refractivity contribution < 1.29 is 14.7 Å². The Labute approximate surface area is 169 Å². The number of amides is 2. The van der Waals surface area contributed by atoms with Gasteiger partial charge in [0, 0.05) is 24.7 Å². The molecule has 8 nitrogen and oxygen atoms in total. The van der Waals surface area contributed by atoms with Crippen LogP contribution in [0.15, 0.2) is 30.9 Å². The summed E-state index contributed by atoms with van der Waals surface area (Å²) in [7, 11) is 0. The minimum Gasteiger partial charge on any atom is -0.507 e. The van der Waals surface area contributed by atoms with E-state index >= 15 is 0 Å². The van der Waals surface area contributed by atoms with Gasteiger partial charge in [0.2, 0.25) is 5.91 Å². The van der Waals surface area contributed by atoms with Gasteiger partial charge in [0.15, 0.2) is 5.82 Å². The molecule has 2 amide bonds. The Bertz CT molecular complexity index is 961. The average molecular weight is 395 g/mol. The van der Waals surface area contributed by atoms with Crippen LogP contribution in [0.25, 0.3) is 0 Å². The second-order valence-corrected chi connectivity index (χ2v) is 7.65. The van der Waals surface area contributed by atoms with Gasteiger partial charge in [0.05, 0.1) is 11.6 Å². The van der Waals surface area contributed by atoms with Gasteiger partial charge < -0.3 is 19.9 Å². The smallest absolute Gasteiger partial charge is 0.258 e. The van der Waals surface area contributed by atoms with E-state index in [2.05, 4.69) is 26.7 Å². The van der Waals surface area contributed by atoms with Gasteiger partial charge in [-0.05, 0) is 44.0 Å². The SMILES string of the molecule is C=CC(=O)Nc1ccc(O)c(C(=O)N2CCn3c(C4CCCC4)nnc3C2C)c1. The minimum atomic E-state index is -0.382. The molecule has 2 N–H and O–H groups in total. The van der Waals surface area contributed by atoms with Crippen LogP contribution in [0.1, 0.15) is 66.6 Å². The summed E-state index contributed by atoms with van der Waals surface area (Å²) < 4.78 is 2.16. The van der Waals surface area contributed by atoms with Gasteiger partial charge in [-0.25, -0.2) is 0 Å². The van der Waals surface area contributed by atoms with Gasteiger partial charge in [-0.1, -0.05) is 19.4 Å². The maximum atomic E-state index is 13.2. The number of nitrogens with one attached hydrogen (secondary N) is 1. The van der Waals surface area contributed by atoms with Crippen molar-refractivity contribution in [1.82, 2.24) is 19.7 Å². The Balaban J connectivity index is 1.58. The fourth-order valence-electron chi connectivity index (χ4n) is 4.30. The van der Waals surface area contributed by atoms with Crippen molar-refractivity contribution in [2.75, 3.05) is 11.9 Å². The molecule has 2 aromatic rings. The highest BCUT2D eigenvalue weighted by atomic mass is 16.3. The maximum absolute atomic E-state index is 13.2.